The lowest BCUT2D eigenvalue weighted by Gasteiger charge is -2.06. The molecule has 0 unspecified atom stereocenters. The Labute approximate surface area is 83.6 Å². The fraction of sp³-hybridized carbons (Fsp3) is 0.364. The zero-order valence-electron chi connectivity index (χ0n) is 8.66. The highest BCUT2D eigenvalue weighted by Crippen LogP contribution is 2.19. The molecule has 0 N–H and O–H groups in total. The van der Waals surface area contributed by atoms with E-state index in [0.717, 1.165) is 11.1 Å². The second-order valence-corrected chi connectivity index (χ2v) is 3.16. The average Bonchev–Trinajstić information content (AvgIpc) is 2.19. The van der Waals surface area contributed by atoms with Gasteiger partial charge in [0.15, 0.2) is 5.75 Å². The number of hydrogen-bond donors (Lipinski definition) is 0. The summed E-state index contributed by atoms with van der Waals surface area (Å²) in [4.78, 5) is 20.3. The molecule has 1 aromatic rings. The van der Waals surface area contributed by atoms with Gasteiger partial charge in [-0.3, -0.25) is 9.78 Å². The average molecular weight is 194 g/mol. The molecule has 0 saturated heterocycles. The summed E-state index contributed by atoms with van der Waals surface area (Å²) in [5.74, 6) is 0.220. The molecule has 1 aromatic carbocycles. The van der Waals surface area contributed by atoms with Gasteiger partial charge in [0.25, 0.3) is 0 Å². The maximum Gasteiger partial charge on any atom is 0.355 e. The molecule has 14 heavy (non-hydrogen) atoms. The molecule has 3 heteroatoms. The molecule has 3 nitrogen and oxygen atoms in total. The van der Waals surface area contributed by atoms with Crippen molar-refractivity contribution in [1.82, 2.24) is 0 Å². The van der Waals surface area contributed by atoms with Crippen molar-refractivity contribution in [2.24, 2.45) is 0 Å². The maximum absolute atomic E-state index is 10.8. The summed E-state index contributed by atoms with van der Waals surface area (Å²) in [6.45, 7) is 5.57. The quantitative estimate of drug-likeness (QED) is 0.548. The Balaban J connectivity index is 2.66. The lowest BCUT2D eigenvalue weighted by atomic mass is 10.1. The lowest BCUT2D eigenvalue weighted by Crippen LogP contribution is -2.06. The van der Waals surface area contributed by atoms with Gasteiger partial charge in [-0.05, 0) is 31.0 Å². The highest BCUT2D eigenvalue weighted by Gasteiger charge is 2.04. The number of aryl methyl sites for hydroxylation is 2. The lowest BCUT2D eigenvalue weighted by molar-refractivity contribution is -0.213. The Hall–Kier alpha value is -1.51. The largest absolute Gasteiger partial charge is 0.355 e. The molecular formula is C11H14O3. The van der Waals surface area contributed by atoms with Crippen LogP contribution in [0.25, 0.3) is 0 Å². The third kappa shape index (κ3) is 2.76. The molecule has 0 radical (unpaired) electrons. The number of hydrogen-bond acceptors (Lipinski definition) is 3. The number of carbonyl (C=O) groups excluding carboxylic acids is 1. The SMILES string of the molecule is CCC(=O)OOc1cc(C)ccc1C. The summed E-state index contributed by atoms with van der Waals surface area (Å²) in [7, 11) is 0. The highest BCUT2D eigenvalue weighted by atomic mass is 17.2. The zero-order valence-corrected chi connectivity index (χ0v) is 8.66. The molecule has 76 valence electrons. The van der Waals surface area contributed by atoms with Crippen LogP contribution in [-0.4, -0.2) is 5.97 Å². The minimum absolute atomic E-state index is 0.310. The first-order valence-electron chi connectivity index (χ1n) is 4.58. The van der Waals surface area contributed by atoms with Crippen LogP contribution in [0, 0.1) is 13.8 Å². The van der Waals surface area contributed by atoms with E-state index < -0.39 is 0 Å². The van der Waals surface area contributed by atoms with Crippen molar-refractivity contribution in [3.05, 3.63) is 29.3 Å². The van der Waals surface area contributed by atoms with E-state index in [1.165, 1.54) is 0 Å². The van der Waals surface area contributed by atoms with Gasteiger partial charge in [0.1, 0.15) is 0 Å². The van der Waals surface area contributed by atoms with Crippen LogP contribution in [0.5, 0.6) is 5.75 Å². The number of rotatable bonds is 3. The Morgan fingerprint density at radius 3 is 2.71 bits per heavy atom. The van der Waals surface area contributed by atoms with E-state index in [-0.39, 0.29) is 5.97 Å². The van der Waals surface area contributed by atoms with Crippen LogP contribution in [0.4, 0.5) is 0 Å². The van der Waals surface area contributed by atoms with Gasteiger partial charge < -0.3 is 0 Å². The fourth-order valence-electron chi connectivity index (χ4n) is 0.947. The van der Waals surface area contributed by atoms with E-state index in [0.29, 0.717) is 12.2 Å². The molecule has 0 fully saturated rings. The molecular weight excluding hydrogens is 180 g/mol. The van der Waals surface area contributed by atoms with Crippen molar-refractivity contribution < 1.29 is 14.6 Å². The summed E-state index contributed by atoms with van der Waals surface area (Å²) in [5.41, 5.74) is 2.01. The molecule has 0 aliphatic rings. The summed E-state index contributed by atoms with van der Waals surface area (Å²) in [5, 5.41) is 0. The van der Waals surface area contributed by atoms with Gasteiger partial charge in [-0.15, -0.1) is 0 Å². The Kier molecular flexibility index (Phi) is 3.51. The highest BCUT2D eigenvalue weighted by molar-refractivity contribution is 5.68. The third-order valence-electron chi connectivity index (χ3n) is 1.86. The predicted octanol–water partition coefficient (Wildman–Crippen LogP) is 2.55. The van der Waals surface area contributed by atoms with Gasteiger partial charge in [0, 0.05) is 6.42 Å². The molecule has 0 atom stereocenters. The topological polar surface area (TPSA) is 35.5 Å². The summed E-state index contributed by atoms with van der Waals surface area (Å²) >= 11 is 0. The van der Waals surface area contributed by atoms with E-state index >= 15 is 0 Å². The maximum atomic E-state index is 10.8. The van der Waals surface area contributed by atoms with Crippen LogP contribution >= 0.6 is 0 Å². The van der Waals surface area contributed by atoms with Crippen molar-refractivity contribution in [2.45, 2.75) is 27.2 Å². The predicted molar refractivity (Wildman–Crippen MR) is 52.9 cm³/mol. The van der Waals surface area contributed by atoms with E-state index in [2.05, 4.69) is 4.89 Å². The molecule has 0 bridgehead atoms. The summed E-state index contributed by atoms with van der Waals surface area (Å²) in [6, 6.07) is 5.73. The monoisotopic (exact) mass is 194 g/mol. The fourth-order valence-corrected chi connectivity index (χ4v) is 0.947. The van der Waals surface area contributed by atoms with Crippen molar-refractivity contribution in [3.8, 4) is 5.75 Å². The van der Waals surface area contributed by atoms with Crippen molar-refractivity contribution >= 4 is 5.97 Å². The molecule has 0 aliphatic carbocycles. The first kappa shape index (κ1) is 10.6. The smallest absolute Gasteiger partial charge is 0.287 e. The number of benzene rings is 1. The van der Waals surface area contributed by atoms with Crippen LogP contribution < -0.4 is 4.89 Å². The van der Waals surface area contributed by atoms with Crippen LogP contribution in [0.15, 0.2) is 18.2 Å². The van der Waals surface area contributed by atoms with Crippen LogP contribution in [0.2, 0.25) is 0 Å². The van der Waals surface area contributed by atoms with Gasteiger partial charge in [-0.1, -0.05) is 19.1 Å². The molecule has 0 aliphatic heterocycles. The third-order valence-corrected chi connectivity index (χ3v) is 1.86. The minimum Gasteiger partial charge on any atom is -0.287 e. The van der Waals surface area contributed by atoms with Gasteiger partial charge in [0.2, 0.25) is 0 Å². The first-order valence-corrected chi connectivity index (χ1v) is 4.58. The van der Waals surface area contributed by atoms with Crippen molar-refractivity contribution in [2.75, 3.05) is 0 Å². The van der Waals surface area contributed by atoms with E-state index in [4.69, 9.17) is 4.89 Å². The normalized spacial score (nSPS) is 9.64. The van der Waals surface area contributed by atoms with E-state index in [1.807, 2.05) is 32.0 Å². The number of carbonyl (C=O) groups is 1. The Morgan fingerprint density at radius 2 is 2.07 bits per heavy atom. The van der Waals surface area contributed by atoms with Gasteiger partial charge in [0.05, 0.1) is 0 Å². The standard InChI is InChI=1S/C11H14O3/c1-4-11(12)14-13-10-7-8(2)5-6-9(10)3/h5-7H,4H2,1-3H3. The Morgan fingerprint density at radius 1 is 1.36 bits per heavy atom. The van der Waals surface area contributed by atoms with Gasteiger partial charge in [-0.2, -0.15) is 0 Å². The molecule has 0 amide bonds. The summed E-state index contributed by atoms with van der Waals surface area (Å²) in [6.07, 6.45) is 0.310. The van der Waals surface area contributed by atoms with Gasteiger partial charge in [-0.25, -0.2) is 4.79 Å². The van der Waals surface area contributed by atoms with E-state index in [1.54, 1.807) is 6.92 Å². The molecule has 1 rings (SSSR count). The van der Waals surface area contributed by atoms with Crippen molar-refractivity contribution in [1.29, 1.82) is 0 Å². The summed E-state index contributed by atoms with van der Waals surface area (Å²) < 4.78 is 0. The zero-order chi connectivity index (χ0) is 10.6. The second kappa shape index (κ2) is 4.65. The van der Waals surface area contributed by atoms with Gasteiger partial charge >= 0.3 is 5.97 Å². The Bertz CT molecular complexity index is 331. The molecule has 0 heterocycles. The molecule has 0 spiro atoms. The molecule has 0 aromatic heterocycles. The second-order valence-electron chi connectivity index (χ2n) is 3.16. The minimum atomic E-state index is -0.370. The van der Waals surface area contributed by atoms with E-state index in [9.17, 15) is 4.79 Å². The first-order chi connectivity index (χ1) is 6.63. The van der Waals surface area contributed by atoms with Crippen molar-refractivity contribution in [3.63, 3.8) is 0 Å². The van der Waals surface area contributed by atoms with Crippen LogP contribution in [0.1, 0.15) is 24.5 Å². The van der Waals surface area contributed by atoms with Crippen LogP contribution in [-0.2, 0) is 9.68 Å². The van der Waals surface area contributed by atoms with Crippen LogP contribution in [0.3, 0.4) is 0 Å². The molecule has 0 saturated carbocycles.